The fourth-order valence-corrected chi connectivity index (χ4v) is 4.16. The molecule has 2 aromatic rings. The van der Waals surface area contributed by atoms with Gasteiger partial charge in [0.25, 0.3) is 0 Å². The number of carbonyl (C=O) groups is 1. The summed E-state index contributed by atoms with van der Waals surface area (Å²) in [4.78, 5) is 12.7. The maximum atomic E-state index is 12.7. The number of phenols is 4. The number of hydrogen-bond acceptors (Lipinski definition) is 11. The van der Waals surface area contributed by atoms with E-state index in [1.165, 1.54) is 30.3 Å². The summed E-state index contributed by atoms with van der Waals surface area (Å²) in [5.74, 6) is -1.88. The minimum Gasteiger partial charge on any atom is -0.504 e. The first-order valence-electron chi connectivity index (χ1n) is 10.7. The molecule has 7 N–H and O–H groups in total. The van der Waals surface area contributed by atoms with E-state index in [0.29, 0.717) is 5.56 Å². The fraction of sp³-hybridized carbons (Fsp3) is 0.435. The second-order valence-corrected chi connectivity index (χ2v) is 8.32. The minimum atomic E-state index is -1.44. The van der Waals surface area contributed by atoms with Crippen molar-refractivity contribution in [1.82, 2.24) is 0 Å². The van der Waals surface area contributed by atoms with Crippen molar-refractivity contribution in [3.63, 3.8) is 0 Å². The number of rotatable bonds is 6. The molecule has 0 amide bonds. The van der Waals surface area contributed by atoms with Gasteiger partial charge in [0, 0.05) is 12.0 Å². The number of Topliss-reactive ketones (excluding diaryl/α,β-unsaturated/α-hetero) is 1. The van der Waals surface area contributed by atoms with Crippen LogP contribution in [0.5, 0.6) is 23.0 Å². The predicted molar refractivity (Wildman–Crippen MR) is 113 cm³/mol. The highest BCUT2D eigenvalue weighted by Crippen LogP contribution is 2.41. The van der Waals surface area contributed by atoms with Crippen molar-refractivity contribution >= 4 is 5.78 Å². The van der Waals surface area contributed by atoms with Crippen LogP contribution in [0.1, 0.15) is 34.9 Å². The van der Waals surface area contributed by atoms with Gasteiger partial charge < -0.3 is 50.0 Å². The molecule has 2 aliphatic rings. The first kappa shape index (κ1) is 24.2. The van der Waals surface area contributed by atoms with Crippen molar-refractivity contribution in [2.24, 2.45) is 0 Å². The SMILES string of the molecule is O=C(CC[C@H]1O[C@@H]2O[C@H](CO)[C@@H](O)[C@H](O)[C@H]2O[C@@H]1c1ccc(O)c(O)c1)c1ccc(O)c(O)c1. The first-order valence-corrected chi connectivity index (χ1v) is 10.7. The van der Waals surface area contributed by atoms with Crippen LogP contribution in [0.2, 0.25) is 0 Å². The number of phenolic OH excluding ortho intramolecular Hbond substituents is 4. The Morgan fingerprint density at radius 3 is 2.09 bits per heavy atom. The van der Waals surface area contributed by atoms with Crippen LogP contribution in [-0.2, 0) is 14.2 Å². The van der Waals surface area contributed by atoms with Crippen LogP contribution < -0.4 is 0 Å². The molecule has 0 aromatic heterocycles. The van der Waals surface area contributed by atoms with Crippen LogP contribution in [0.4, 0.5) is 0 Å². The molecule has 0 bridgehead atoms. The smallest absolute Gasteiger partial charge is 0.187 e. The van der Waals surface area contributed by atoms with Gasteiger partial charge in [-0.2, -0.15) is 0 Å². The van der Waals surface area contributed by atoms with Crippen LogP contribution in [0, 0.1) is 0 Å². The summed E-state index contributed by atoms with van der Waals surface area (Å²) in [5.41, 5.74) is 0.566. The summed E-state index contributed by atoms with van der Waals surface area (Å²) < 4.78 is 17.6. The van der Waals surface area contributed by atoms with Gasteiger partial charge in [-0.05, 0) is 42.3 Å². The summed E-state index contributed by atoms with van der Waals surface area (Å²) in [6, 6.07) is 7.72. The molecular weight excluding hydrogens is 452 g/mol. The zero-order chi connectivity index (χ0) is 24.6. The Morgan fingerprint density at radius 1 is 0.794 bits per heavy atom. The highest BCUT2D eigenvalue weighted by atomic mass is 16.7. The zero-order valence-electron chi connectivity index (χ0n) is 17.9. The summed E-state index contributed by atoms with van der Waals surface area (Å²) in [6.07, 6.45) is -7.92. The van der Waals surface area contributed by atoms with Crippen LogP contribution >= 0.6 is 0 Å². The molecule has 11 nitrogen and oxygen atoms in total. The molecule has 7 atom stereocenters. The topological polar surface area (TPSA) is 186 Å². The third-order valence-electron chi connectivity index (χ3n) is 6.06. The molecule has 34 heavy (non-hydrogen) atoms. The maximum Gasteiger partial charge on any atom is 0.187 e. The largest absolute Gasteiger partial charge is 0.504 e. The van der Waals surface area contributed by atoms with E-state index in [4.69, 9.17) is 14.2 Å². The van der Waals surface area contributed by atoms with Gasteiger partial charge in [0.1, 0.15) is 30.5 Å². The average molecular weight is 478 g/mol. The molecule has 0 aliphatic carbocycles. The number of fused-ring (bicyclic) bond motifs is 1. The lowest BCUT2D eigenvalue weighted by atomic mass is 9.93. The van der Waals surface area contributed by atoms with Crippen LogP contribution in [0.15, 0.2) is 36.4 Å². The molecule has 2 fully saturated rings. The molecule has 0 radical (unpaired) electrons. The lowest BCUT2D eigenvalue weighted by Gasteiger charge is -2.48. The van der Waals surface area contributed by atoms with E-state index >= 15 is 0 Å². The van der Waals surface area contributed by atoms with E-state index in [1.807, 2.05) is 0 Å². The maximum absolute atomic E-state index is 12.7. The Morgan fingerprint density at radius 2 is 1.44 bits per heavy atom. The van der Waals surface area contributed by atoms with Crippen molar-refractivity contribution < 1.29 is 54.8 Å². The number of ether oxygens (including phenoxy) is 3. The Balaban J connectivity index is 1.57. The van der Waals surface area contributed by atoms with E-state index in [1.54, 1.807) is 0 Å². The van der Waals surface area contributed by atoms with Crippen molar-refractivity contribution in [2.45, 2.75) is 55.8 Å². The molecule has 0 unspecified atom stereocenters. The molecule has 2 heterocycles. The van der Waals surface area contributed by atoms with Gasteiger partial charge in [0.15, 0.2) is 35.1 Å². The number of aliphatic hydroxyl groups excluding tert-OH is 3. The Hall–Kier alpha value is -2.93. The Kier molecular flexibility index (Phi) is 6.94. The third-order valence-corrected chi connectivity index (χ3v) is 6.06. The fourth-order valence-electron chi connectivity index (χ4n) is 4.16. The van der Waals surface area contributed by atoms with Crippen molar-refractivity contribution in [3.8, 4) is 23.0 Å². The molecule has 0 spiro atoms. The third kappa shape index (κ3) is 4.67. The van der Waals surface area contributed by atoms with Gasteiger partial charge in [-0.15, -0.1) is 0 Å². The molecular formula is C23H26O11. The summed E-state index contributed by atoms with van der Waals surface area (Å²) in [6.45, 7) is -0.562. The molecule has 184 valence electrons. The van der Waals surface area contributed by atoms with E-state index in [-0.39, 0.29) is 35.7 Å². The standard InChI is InChI=1S/C23H26O11/c24-9-18-19(30)20(31)22-23(33-18)32-17(21(34-22)11-2-4-14(27)16(29)8-11)6-5-12(25)10-1-3-13(26)15(28)7-10/h1-4,7-8,17-24,26-31H,5-6,9H2/t17-,18-,19-,20+,21-,22-,23-/m1/s1. The molecule has 2 aliphatic heterocycles. The zero-order valence-corrected chi connectivity index (χ0v) is 17.9. The Labute approximate surface area is 194 Å². The quantitative estimate of drug-likeness (QED) is 0.225. The van der Waals surface area contributed by atoms with Crippen molar-refractivity contribution in [2.75, 3.05) is 6.61 Å². The molecule has 2 saturated heterocycles. The number of aromatic hydroxyl groups is 4. The van der Waals surface area contributed by atoms with Gasteiger partial charge in [-0.25, -0.2) is 0 Å². The minimum absolute atomic E-state index is 0.0508. The number of benzene rings is 2. The number of hydrogen-bond donors (Lipinski definition) is 7. The molecule has 0 saturated carbocycles. The van der Waals surface area contributed by atoms with Crippen molar-refractivity contribution in [1.29, 1.82) is 0 Å². The number of aliphatic hydroxyl groups is 3. The van der Waals surface area contributed by atoms with E-state index < -0.39 is 61.0 Å². The Bertz CT molecular complexity index is 1040. The molecule has 11 heteroatoms. The van der Waals surface area contributed by atoms with Gasteiger partial charge >= 0.3 is 0 Å². The second-order valence-electron chi connectivity index (χ2n) is 8.32. The summed E-state index contributed by atoms with van der Waals surface area (Å²) >= 11 is 0. The average Bonchev–Trinajstić information content (AvgIpc) is 2.82. The second kappa shape index (κ2) is 9.74. The molecule has 4 rings (SSSR count). The molecule has 2 aromatic carbocycles. The van der Waals surface area contributed by atoms with Gasteiger partial charge in [-0.1, -0.05) is 6.07 Å². The van der Waals surface area contributed by atoms with E-state index in [0.717, 1.165) is 6.07 Å². The normalized spacial score (nSPS) is 31.1. The van der Waals surface area contributed by atoms with Gasteiger partial charge in [-0.3, -0.25) is 4.79 Å². The monoisotopic (exact) mass is 478 g/mol. The first-order chi connectivity index (χ1) is 16.2. The van der Waals surface area contributed by atoms with Gasteiger partial charge in [0.05, 0.1) is 12.7 Å². The predicted octanol–water partition coefficient (Wildman–Crippen LogP) is 0.436. The van der Waals surface area contributed by atoms with E-state index in [2.05, 4.69) is 0 Å². The number of ketones is 1. The van der Waals surface area contributed by atoms with Crippen LogP contribution in [0.3, 0.4) is 0 Å². The van der Waals surface area contributed by atoms with E-state index in [9.17, 15) is 40.5 Å². The highest BCUT2D eigenvalue weighted by Gasteiger charge is 2.51. The van der Waals surface area contributed by atoms with Crippen LogP contribution in [0.25, 0.3) is 0 Å². The highest BCUT2D eigenvalue weighted by molar-refractivity contribution is 5.96. The van der Waals surface area contributed by atoms with Crippen molar-refractivity contribution in [3.05, 3.63) is 47.5 Å². The summed E-state index contributed by atoms with van der Waals surface area (Å²) in [5, 5.41) is 68.8. The lowest BCUT2D eigenvalue weighted by Crippen LogP contribution is -2.63. The lowest BCUT2D eigenvalue weighted by molar-refractivity contribution is -0.369. The summed E-state index contributed by atoms with van der Waals surface area (Å²) in [7, 11) is 0. The van der Waals surface area contributed by atoms with Gasteiger partial charge in [0.2, 0.25) is 0 Å². The number of carbonyl (C=O) groups excluding carboxylic acids is 1. The van der Waals surface area contributed by atoms with Crippen LogP contribution in [-0.4, -0.2) is 84.9 Å².